The van der Waals surface area contributed by atoms with Gasteiger partial charge in [0.25, 0.3) is 0 Å². The van der Waals surface area contributed by atoms with Crippen LogP contribution in [0.15, 0.2) is 54.3 Å². The Bertz CT molecular complexity index is 3300. The molecule has 26 heteroatoms. The molecule has 6 amide bonds. The van der Waals surface area contributed by atoms with Crippen LogP contribution in [0.3, 0.4) is 0 Å². The molecule has 1 spiro atoms. The van der Waals surface area contributed by atoms with Gasteiger partial charge in [0, 0.05) is 109 Å². The van der Waals surface area contributed by atoms with Crippen LogP contribution in [-0.2, 0) is 44.8 Å². The summed E-state index contributed by atoms with van der Waals surface area (Å²) in [5.74, 6) is -0.639. The number of hydrogen-bond donors (Lipinski definition) is 7. The lowest BCUT2D eigenvalue weighted by Crippen LogP contribution is -2.66. The molecule has 6 fully saturated rings. The number of β-amino-alcohol motifs (C(OH)–C–C–N with tert-alkyl or cyclic N) is 1. The average Bonchev–Trinajstić information content (AvgIpc) is 1.59. The van der Waals surface area contributed by atoms with Crippen LogP contribution >= 0.6 is 11.3 Å². The number of nitrogens with one attached hydrogen (secondary N) is 6. The Balaban J connectivity index is 0.549. The summed E-state index contributed by atoms with van der Waals surface area (Å²) < 4.78 is 43.2. The molecule has 4 aromatic rings. The summed E-state index contributed by atoms with van der Waals surface area (Å²) in [6.45, 7) is 22.0. The molecule has 1 unspecified atom stereocenters. The molecule has 7 atom stereocenters. The summed E-state index contributed by atoms with van der Waals surface area (Å²) in [6, 6.07) is 10.0. The van der Waals surface area contributed by atoms with Gasteiger partial charge < -0.3 is 66.1 Å². The summed E-state index contributed by atoms with van der Waals surface area (Å²) in [6.07, 6.45) is 6.15. The number of thiazole rings is 1. The fourth-order valence-corrected chi connectivity index (χ4v) is 15.1. The number of piperidine rings is 2. The van der Waals surface area contributed by atoms with E-state index >= 15 is 8.78 Å². The van der Waals surface area contributed by atoms with E-state index in [1.165, 1.54) is 23.4 Å². The van der Waals surface area contributed by atoms with E-state index in [9.17, 15) is 33.9 Å². The highest BCUT2D eigenvalue weighted by atomic mass is 32.1. The number of ether oxygens (including phenoxy) is 2. The first-order chi connectivity index (χ1) is 45.4. The van der Waals surface area contributed by atoms with Gasteiger partial charge in [-0.05, 0) is 112 Å². The Morgan fingerprint density at radius 1 is 0.811 bits per heavy atom. The standard InChI is InChI=1S/C69H98F2N14O9S/c1-44(46-9-11-47(12-10-46)63-45(2)77-43-95-63)78-65(91)56-32-51(86)38-85(56)66(92)64(67(3,4)5)79-60(88)14-13-59(87)74-21-27-93-28-26-82-35-48-29-52(30-49(48)36-82)94-40-62(90)73-20-8-19-72-57-34-58(76-42-75-57)83-24-17-69(18-25-83)41-84(39-61(89)80-69)55-33-53(70)50(31-54(55)71)37-81-22-15-68(6,7)16-23-81/h9-12,31,33-34,42-44,48-49,51-52,56,64,86H,8,13-30,32,35-41H2,1-7H3,(H,73,90)(H,74,87)(H,78,91)(H,79,88)(H,80,89)(H,72,75,76)/t44-,48-,49+,51+,52?,56-,64+/m0/s1. The van der Waals surface area contributed by atoms with E-state index in [2.05, 4.69) is 75.4 Å². The number of nitrogens with zero attached hydrogens (tertiary/aromatic N) is 8. The quantitative estimate of drug-likeness (QED) is 0.0352. The van der Waals surface area contributed by atoms with Crippen molar-refractivity contribution < 1.29 is 52.1 Å². The lowest BCUT2D eigenvalue weighted by molar-refractivity contribution is -0.144. The minimum Gasteiger partial charge on any atom is -0.391 e. The number of likely N-dealkylation sites (tertiary alicyclic amines) is 3. The highest BCUT2D eigenvalue weighted by Gasteiger charge is 2.46. The number of halogens is 2. The number of fused-ring (bicyclic) bond motifs is 1. The summed E-state index contributed by atoms with van der Waals surface area (Å²) in [5, 5.41) is 28.8. The van der Waals surface area contributed by atoms with Gasteiger partial charge in [0.15, 0.2) is 0 Å². The molecule has 7 heterocycles. The van der Waals surface area contributed by atoms with Gasteiger partial charge in [0.1, 0.15) is 48.3 Å². The van der Waals surface area contributed by atoms with Crippen molar-refractivity contribution in [3.05, 3.63) is 82.8 Å². The molecule has 0 bridgehead atoms. The molecule has 5 aliphatic heterocycles. The molecule has 23 nitrogen and oxygen atoms in total. The molecule has 5 saturated heterocycles. The van der Waals surface area contributed by atoms with Crippen molar-refractivity contribution in [1.82, 2.24) is 56.2 Å². The van der Waals surface area contributed by atoms with Crippen molar-refractivity contribution >= 4 is 64.1 Å². The van der Waals surface area contributed by atoms with E-state index < -0.39 is 58.5 Å². The summed E-state index contributed by atoms with van der Waals surface area (Å²) >= 11 is 1.56. The predicted molar refractivity (Wildman–Crippen MR) is 359 cm³/mol. The average molecular weight is 1340 g/mol. The highest BCUT2D eigenvalue weighted by Crippen LogP contribution is 2.40. The molecule has 1 saturated carbocycles. The third-order valence-electron chi connectivity index (χ3n) is 20.0. The minimum atomic E-state index is -1.01. The molecule has 10 rings (SSSR count). The second-order valence-corrected chi connectivity index (χ2v) is 29.8. The summed E-state index contributed by atoms with van der Waals surface area (Å²) in [7, 11) is 0. The molecule has 6 aliphatic rings. The molecular weight excluding hydrogens is 1240 g/mol. The van der Waals surface area contributed by atoms with Crippen LogP contribution in [0, 0.1) is 41.2 Å². The number of aliphatic hydroxyl groups is 1. The number of amides is 6. The third-order valence-corrected chi connectivity index (χ3v) is 20.9. The van der Waals surface area contributed by atoms with Gasteiger partial charge in [0.05, 0.1) is 65.3 Å². The maximum atomic E-state index is 15.7. The Morgan fingerprint density at radius 2 is 1.53 bits per heavy atom. The normalized spacial score (nSPS) is 22.7. The molecular formula is C69H98F2N14O9S. The number of aromatic nitrogens is 3. The largest absolute Gasteiger partial charge is 0.391 e. The van der Waals surface area contributed by atoms with Crippen molar-refractivity contribution in [2.75, 3.05) is 120 Å². The van der Waals surface area contributed by atoms with Gasteiger partial charge in [-0.2, -0.15) is 0 Å². The SMILES string of the molecule is Cc1ncsc1-c1ccc([C@H](C)NC(=O)[C@@H]2C[C@@H](O)CN2C(=O)[C@@H](NC(=O)CCC(=O)NCCOCCN2C[C@H]3CC(OCC(=O)NCCCNc4cc(N5CCC6(CC5)CN(c5cc(F)c(CN7CCC(C)(C)CC7)cc5F)CC(=O)N6)ncn4)C[C@H]3C2)C(C)(C)C)cc1. The monoisotopic (exact) mass is 1340 g/mol. The second-order valence-electron chi connectivity index (χ2n) is 28.9. The molecule has 518 valence electrons. The van der Waals surface area contributed by atoms with Crippen molar-refractivity contribution in [3.63, 3.8) is 0 Å². The molecule has 7 N–H and O–H groups in total. The number of hydrogen-bond acceptors (Lipinski definition) is 18. The van der Waals surface area contributed by atoms with Crippen LogP contribution in [-0.4, -0.2) is 205 Å². The maximum Gasteiger partial charge on any atom is 0.246 e. The smallest absolute Gasteiger partial charge is 0.246 e. The van der Waals surface area contributed by atoms with Gasteiger partial charge in [-0.1, -0.05) is 58.9 Å². The third kappa shape index (κ3) is 19.0. The van der Waals surface area contributed by atoms with Gasteiger partial charge in [-0.25, -0.2) is 23.7 Å². The molecule has 1 aliphatic carbocycles. The molecule has 2 aromatic carbocycles. The number of aliphatic hydroxyl groups excluding tert-OH is 1. The highest BCUT2D eigenvalue weighted by molar-refractivity contribution is 7.13. The number of piperazine rings is 1. The van der Waals surface area contributed by atoms with E-state index in [4.69, 9.17) is 9.47 Å². The fraction of sp³-hybridized carbons (Fsp3) is 0.638. The Labute approximate surface area is 561 Å². The topological polar surface area (TPSA) is 268 Å². The van der Waals surface area contributed by atoms with Gasteiger partial charge >= 0.3 is 0 Å². The van der Waals surface area contributed by atoms with Crippen molar-refractivity contribution in [2.45, 2.75) is 155 Å². The Hall–Kier alpha value is -6.97. The van der Waals surface area contributed by atoms with Crippen LogP contribution in [0.4, 0.5) is 26.1 Å². The first-order valence-electron chi connectivity index (χ1n) is 34.0. The number of rotatable bonds is 27. The minimum absolute atomic E-state index is 0.00714. The summed E-state index contributed by atoms with van der Waals surface area (Å²) in [5.41, 5.74) is 4.04. The Kier molecular flexibility index (Phi) is 23.5. The predicted octanol–water partition coefficient (Wildman–Crippen LogP) is 5.71. The lowest BCUT2D eigenvalue weighted by Gasteiger charge is -2.48. The maximum absolute atomic E-state index is 15.7. The van der Waals surface area contributed by atoms with E-state index in [1.54, 1.807) is 16.2 Å². The number of aryl methyl sites for hydroxylation is 1. The first-order valence-corrected chi connectivity index (χ1v) is 34.9. The number of carbonyl (C=O) groups is 6. The molecule has 0 radical (unpaired) electrons. The summed E-state index contributed by atoms with van der Waals surface area (Å²) in [4.78, 5) is 104. The van der Waals surface area contributed by atoms with Gasteiger partial charge in [-0.3, -0.25) is 33.7 Å². The molecule has 2 aromatic heterocycles. The fourth-order valence-electron chi connectivity index (χ4n) is 14.3. The zero-order valence-electron chi connectivity index (χ0n) is 56.3. The zero-order valence-corrected chi connectivity index (χ0v) is 57.1. The first kappa shape index (κ1) is 70.8. The van der Waals surface area contributed by atoms with Crippen LogP contribution in [0.1, 0.15) is 129 Å². The van der Waals surface area contributed by atoms with Crippen molar-refractivity contribution in [1.29, 1.82) is 0 Å². The second kappa shape index (κ2) is 31.5. The van der Waals surface area contributed by atoms with Gasteiger partial charge in [0.2, 0.25) is 35.4 Å². The van der Waals surface area contributed by atoms with E-state index in [0.29, 0.717) is 95.0 Å². The van der Waals surface area contributed by atoms with E-state index in [0.717, 1.165) is 85.9 Å². The Morgan fingerprint density at radius 3 is 2.23 bits per heavy atom. The zero-order chi connectivity index (χ0) is 67.6. The number of anilines is 3. The van der Waals surface area contributed by atoms with Crippen molar-refractivity contribution in [2.24, 2.45) is 22.7 Å². The van der Waals surface area contributed by atoms with Crippen LogP contribution in [0.25, 0.3) is 10.4 Å². The van der Waals surface area contributed by atoms with Crippen LogP contribution in [0.2, 0.25) is 0 Å². The van der Waals surface area contributed by atoms with Crippen LogP contribution < -0.4 is 41.7 Å². The van der Waals surface area contributed by atoms with Gasteiger partial charge in [-0.15, -0.1) is 11.3 Å². The van der Waals surface area contributed by atoms with E-state index in [1.807, 2.05) is 70.5 Å². The van der Waals surface area contributed by atoms with Crippen LogP contribution in [0.5, 0.6) is 0 Å². The van der Waals surface area contributed by atoms with Crippen molar-refractivity contribution in [3.8, 4) is 10.4 Å². The number of benzene rings is 2. The number of carbonyl (C=O) groups excluding carboxylic acids is 6. The van der Waals surface area contributed by atoms with E-state index in [-0.39, 0.29) is 86.5 Å². The lowest BCUT2D eigenvalue weighted by atomic mass is 9.82. The molecule has 95 heavy (non-hydrogen) atoms.